The van der Waals surface area contributed by atoms with Gasteiger partial charge >= 0.3 is 16.3 Å². The zero-order valence-electron chi connectivity index (χ0n) is 9.93. The molecule has 0 saturated carbocycles. The van der Waals surface area contributed by atoms with E-state index in [1.165, 1.54) is 6.07 Å². The zero-order chi connectivity index (χ0) is 13.8. The molecule has 0 aliphatic carbocycles. The first-order valence-electron chi connectivity index (χ1n) is 5.11. The van der Waals surface area contributed by atoms with Gasteiger partial charge in [-0.25, -0.2) is 9.52 Å². The third kappa shape index (κ3) is 3.81. The number of benzene rings is 1. The van der Waals surface area contributed by atoms with Crippen molar-refractivity contribution in [2.24, 2.45) is 0 Å². The van der Waals surface area contributed by atoms with Crippen LogP contribution in [0.3, 0.4) is 0 Å². The topological polar surface area (TPSA) is 105 Å². The van der Waals surface area contributed by atoms with Gasteiger partial charge in [0.05, 0.1) is 12.3 Å². The van der Waals surface area contributed by atoms with Crippen molar-refractivity contribution in [2.75, 3.05) is 11.3 Å². The summed E-state index contributed by atoms with van der Waals surface area (Å²) in [5.41, 5.74) is 0.484. The van der Waals surface area contributed by atoms with Gasteiger partial charge in [-0.05, 0) is 25.5 Å². The molecule has 18 heavy (non-hydrogen) atoms. The molecule has 0 unspecified atom stereocenters. The van der Waals surface area contributed by atoms with E-state index in [1.807, 2.05) is 4.72 Å². The van der Waals surface area contributed by atoms with Crippen LogP contribution in [0.1, 0.15) is 12.5 Å². The number of aryl methyl sites for hydroxylation is 1. The van der Waals surface area contributed by atoms with Gasteiger partial charge in [-0.3, -0.25) is 4.72 Å². The van der Waals surface area contributed by atoms with E-state index in [9.17, 15) is 18.3 Å². The monoisotopic (exact) mass is 274 g/mol. The SMILES string of the molecule is CCOC(=O)NS(=O)(=O)Nc1cccc(C)c1O. The average molecular weight is 274 g/mol. The maximum absolute atomic E-state index is 11.5. The number of hydrogen-bond donors (Lipinski definition) is 3. The van der Waals surface area contributed by atoms with E-state index in [-0.39, 0.29) is 18.0 Å². The first-order valence-corrected chi connectivity index (χ1v) is 6.60. The summed E-state index contributed by atoms with van der Waals surface area (Å²) in [5.74, 6) is -0.202. The van der Waals surface area contributed by atoms with Crippen molar-refractivity contribution in [3.63, 3.8) is 0 Å². The van der Waals surface area contributed by atoms with Gasteiger partial charge in [0.2, 0.25) is 0 Å². The quantitative estimate of drug-likeness (QED) is 0.713. The minimum atomic E-state index is -4.13. The molecule has 7 nitrogen and oxygen atoms in total. The lowest BCUT2D eigenvalue weighted by molar-refractivity contribution is 0.159. The Morgan fingerprint density at radius 3 is 2.72 bits per heavy atom. The maximum Gasteiger partial charge on any atom is 0.422 e. The zero-order valence-corrected chi connectivity index (χ0v) is 10.7. The molecule has 100 valence electrons. The number of phenolic OH excluding ortho intramolecular Hbond substituents is 1. The first-order chi connectivity index (χ1) is 8.35. The van der Waals surface area contributed by atoms with Gasteiger partial charge in [-0.1, -0.05) is 12.1 Å². The number of carbonyl (C=O) groups excluding carboxylic acids is 1. The lowest BCUT2D eigenvalue weighted by atomic mass is 10.2. The molecule has 1 amide bonds. The van der Waals surface area contributed by atoms with Crippen LogP contribution in [0.25, 0.3) is 0 Å². The number of hydrogen-bond acceptors (Lipinski definition) is 5. The molecule has 0 spiro atoms. The van der Waals surface area contributed by atoms with Crippen molar-refractivity contribution < 1.29 is 23.1 Å². The molecule has 1 rings (SSSR count). The van der Waals surface area contributed by atoms with Crippen LogP contribution in [-0.2, 0) is 14.9 Å². The van der Waals surface area contributed by atoms with Crippen LogP contribution in [0.4, 0.5) is 10.5 Å². The molecule has 0 saturated heterocycles. The lowest BCUT2D eigenvalue weighted by Gasteiger charge is -2.11. The third-order valence-corrected chi connectivity index (χ3v) is 2.90. The molecule has 0 heterocycles. The fraction of sp³-hybridized carbons (Fsp3) is 0.300. The molecule has 0 atom stereocenters. The number of nitrogens with one attached hydrogen (secondary N) is 2. The summed E-state index contributed by atoms with van der Waals surface area (Å²) < 4.78 is 31.1. The Balaban J connectivity index is 2.83. The summed E-state index contributed by atoms with van der Waals surface area (Å²) in [6, 6.07) is 4.55. The highest BCUT2D eigenvalue weighted by molar-refractivity contribution is 7.91. The first kappa shape index (κ1) is 14.1. The molecular formula is C10H14N2O5S. The largest absolute Gasteiger partial charge is 0.505 e. The van der Waals surface area contributed by atoms with Gasteiger partial charge in [0.25, 0.3) is 0 Å². The summed E-state index contributed by atoms with van der Waals surface area (Å²) in [6.45, 7) is 3.22. The average Bonchev–Trinajstić information content (AvgIpc) is 2.24. The Labute approximate surface area is 105 Å². The summed E-state index contributed by atoms with van der Waals surface area (Å²) in [6.07, 6.45) is -1.09. The molecule has 0 bridgehead atoms. The number of para-hydroxylation sites is 1. The maximum atomic E-state index is 11.5. The van der Waals surface area contributed by atoms with Gasteiger partial charge in [-0.15, -0.1) is 0 Å². The fourth-order valence-corrected chi connectivity index (χ4v) is 1.97. The summed E-state index contributed by atoms with van der Waals surface area (Å²) >= 11 is 0. The van der Waals surface area contributed by atoms with Crippen molar-refractivity contribution in [2.45, 2.75) is 13.8 Å². The van der Waals surface area contributed by atoms with E-state index in [2.05, 4.69) is 4.74 Å². The predicted octanol–water partition coefficient (Wildman–Crippen LogP) is 1.10. The molecule has 1 aromatic rings. The molecule has 3 N–H and O–H groups in total. The van der Waals surface area contributed by atoms with E-state index in [0.29, 0.717) is 5.56 Å². The Kier molecular flexibility index (Phi) is 4.38. The molecule has 0 fully saturated rings. The second-order valence-electron chi connectivity index (χ2n) is 3.40. The van der Waals surface area contributed by atoms with Crippen molar-refractivity contribution in [1.82, 2.24) is 4.72 Å². The van der Waals surface area contributed by atoms with E-state index in [1.54, 1.807) is 30.7 Å². The Morgan fingerprint density at radius 1 is 1.44 bits per heavy atom. The van der Waals surface area contributed by atoms with Crippen LogP contribution in [0.2, 0.25) is 0 Å². The van der Waals surface area contributed by atoms with Gasteiger partial charge < -0.3 is 9.84 Å². The second kappa shape index (κ2) is 5.58. The highest BCUT2D eigenvalue weighted by atomic mass is 32.2. The lowest BCUT2D eigenvalue weighted by Crippen LogP contribution is -2.35. The summed E-state index contributed by atoms with van der Waals surface area (Å²) in [5, 5.41) is 9.63. The summed E-state index contributed by atoms with van der Waals surface area (Å²) in [7, 11) is -4.13. The standard InChI is InChI=1S/C10H14N2O5S/c1-3-17-10(14)12-18(15,16)11-8-6-4-5-7(2)9(8)13/h4-6,11,13H,3H2,1-2H3,(H,12,14). The second-order valence-corrected chi connectivity index (χ2v) is 4.81. The minimum absolute atomic E-state index is 0.0215. The number of ether oxygens (including phenoxy) is 1. The molecule has 0 radical (unpaired) electrons. The Bertz CT molecular complexity index is 541. The van der Waals surface area contributed by atoms with E-state index in [0.717, 1.165) is 0 Å². The number of aromatic hydroxyl groups is 1. The number of phenols is 1. The van der Waals surface area contributed by atoms with Gasteiger partial charge in [0.1, 0.15) is 5.75 Å². The van der Waals surface area contributed by atoms with Gasteiger partial charge in [0.15, 0.2) is 0 Å². The Hall–Kier alpha value is -1.96. The minimum Gasteiger partial charge on any atom is -0.505 e. The highest BCUT2D eigenvalue weighted by Crippen LogP contribution is 2.26. The van der Waals surface area contributed by atoms with E-state index < -0.39 is 16.3 Å². The molecular weight excluding hydrogens is 260 g/mol. The number of rotatable bonds is 4. The number of carbonyl (C=O) groups is 1. The molecule has 1 aromatic carbocycles. The molecule has 0 aliphatic rings. The van der Waals surface area contributed by atoms with Crippen LogP contribution in [0.5, 0.6) is 5.75 Å². The third-order valence-electron chi connectivity index (χ3n) is 1.98. The van der Waals surface area contributed by atoms with E-state index >= 15 is 0 Å². The van der Waals surface area contributed by atoms with Gasteiger partial charge in [0, 0.05) is 0 Å². The van der Waals surface area contributed by atoms with Crippen LogP contribution >= 0.6 is 0 Å². The smallest absolute Gasteiger partial charge is 0.422 e. The van der Waals surface area contributed by atoms with Crippen molar-refractivity contribution >= 4 is 22.0 Å². The van der Waals surface area contributed by atoms with Crippen molar-refractivity contribution in [3.8, 4) is 5.75 Å². The number of amides is 1. The van der Waals surface area contributed by atoms with Crippen LogP contribution in [0.15, 0.2) is 18.2 Å². The van der Waals surface area contributed by atoms with Crippen LogP contribution in [0, 0.1) is 6.92 Å². The molecule has 8 heteroatoms. The summed E-state index contributed by atoms with van der Waals surface area (Å²) in [4.78, 5) is 11.0. The predicted molar refractivity (Wildman–Crippen MR) is 65.5 cm³/mol. The van der Waals surface area contributed by atoms with Crippen LogP contribution < -0.4 is 9.44 Å². The Morgan fingerprint density at radius 2 is 2.11 bits per heavy atom. The van der Waals surface area contributed by atoms with E-state index in [4.69, 9.17) is 0 Å². The fourth-order valence-electron chi connectivity index (χ4n) is 1.18. The van der Waals surface area contributed by atoms with Crippen molar-refractivity contribution in [3.05, 3.63) is 23.8 Å². The van der Waals surface area contributed by atoms with Crippen molar-refractivity contribution in [1.29, 1.82) is 0 Å². The number of anilines is 1. The van der Waals surface area contributed by atoms with Crippen LogP contribution in [-0.4, -0.2) is 26.2 Å². The highest BCUT2D eigenvalue weighted by Gasteiger charge is 2.17. The molecule has 0 aromatic heterocycles. The molecule has 0 aliphatic heterocycles. The normalized spacial score (nSPS) is 10.8. The van der Waals surface area contributed by atoms with Gasteiger partial charge in [-0.2, -0.15) is 8.42 Å².